The van der Waals surface area contributed by atoms with Crippen molar-refractivity contribution < 1.29 is 48.0 Å². The maximum Gasteiger partial charge on any atom is 0.310 e. The van der Waals surface area contributed by atoms with Crippen LogP contribution in [0.25, 0.3) is 10.8 Å². The van der Waals surface area contributed by atoms with E-state index in [0.29, 0.717) is 41.6 Å². The Hall–Kier alpha value is -5.04. The van der Waals surface area contributed by atoms with Crippen molar-refractivity contribution in [3.05, 3.63) is 102 Å². The van der Waals surface area contributed by atoms with Gasteiger partial charge in [-0.2, -0.15) is 0 Å². The van der Waals surface area contributed by atoms with Crippen molar-refractivity contribution in [2.45, 2.75) is 82.8 Å². The van der Waals surface area contributed by atoms with Gasteiger partial charge in [0.1, 0.15) is 12.2 Å². The molecule has 2 unspecified atom stereocenters. The van der Waals surface area contributed by atoms with Gasteiger partial charge in [0.25, 0.3) is 0 Å². The highest BCUT2D eigenvalue weighted by atomic mass is 19.1. The Morgan fingerprint density at radius 1 is 0.949 bits per heavy atom. The SMILES string of the molecule is C[C@@H]1C[C@H]2[C@@H]3CCC4=CC(=O)C=C[C@]4(C)[C@@]3(F)[C@@H](O)C[C@]2(C)[C@@]1(O)C(=O)COC(=O)C1CC1C(=O)OCc1ccc([C@@H](CN)C(=O)Nc2ccc3ccccc3c2)cc1. The molecular formula is C47H51FN2O9. The molecule has 3 aromatic rings. The van der Waals surface area contributed by atoms with Crippen molar-refractivity contribution in [3.63, 3.8) is 0 Å². The number of fused-ring (bicyclic) bond motifs is 6. The number of ether oxygens (including phenoxy) is 2. The van der Waals surface area contributed by atoms with Crippen molar-refractivity contribution in [1.29, 1.82) is 0 Å². The van der Waals surface area contributed by atoms with Crippen LogP contribution in [0.3, 0.4) is 0 Å². The van der Waals surface area contributed by atoms with E-state index in [1.807, 2.05) is 42.5 Å². The van der Waals surface area contributed by atoms with Gasteiger partial charge >= 0.3 is 11.9 Å². The first-order valence-electron chi connectivity index (χ1n) is 20.5. The molecule has 0 spiro atoms. The molecule has 11 nitrogen and oxygen atoms in total. The number of Topliss-reactive ketones (excluding diaryl/α,β-unsaturated/α-hetero) is 1. The first kappa shape index (κ1) is 40.7. The zero-order valence-corrected chi connectivity index (χ0v) is 33.5. The highest BCUT2D eigenvalue weighted by Crippen LogP contribution is 2.70. The van der Waals surface area contributed by atoms with Crippen molar-refractivity contribution in [2.24, 2.45) is 46.2 Å². The molecule has 8 rings (SSSR count). The molecule has 0 aromatic heterocycles. The average molecular weight is 807 g/mol. The predicted octanol–water partition coefficient (Wildman–Crippen LogP) is 5.66. The molecule has 1 amide bonds. The number of carbonyl (C=O) groups is 5. The number of rotatable bonds is 11. The molecule has 4 fully saturated rings. The lowest BCUT2D eigenvalue weighted by Gasteiger charge is -2.62. The van der Waals surface area contributed by atoms with Crippen LogP contribution in [-0.4, -0.2) is 70.2 Å². The molecule has 11 atom stereocenters. The standard InChI is InChI=1S/C47H51FN2O9/c1-26-18-38-37-15-13-31-20-33(51)16-17-44(31,2)46(37,48)39(52)22-45(38,3)47(26,57)40(53)25-59-43(56)35-21-34(35)42(55)58-24-27-8-10-29(11-9-27)36(23-49)41(54)50-32-14-12-28-6-4-5-7-30(28)19-32/h4-12,14,16-17,19-20,26,34-39,52,57H,13,15,18,21-25,49H2,1-3H3,(H,50,54)/t26-,34?,35?,36-,37+,38+,39+,44+,45+,46+,47+/m1/s1. The molecule has 0 heterocycles. The van der Waals surface area contributed by atoms with Crippen LogP contribution in [0.1, 0.15) is 69.9 Å². The number of hydrogen-bond acceptors (Lipinski definition) is 10. The van der Waals surface area contributed by atoms with Crippen LogP contribution >= 0.6 is 0 Å². The van der Waals surface area contributed by atoms with Gasteiger partial charge in [0.05, 0.1) is 23.9 Å². The fourth-order valence-corrected chi connectivity index (χ4v) is 11.2. The molecule has 59 heavy (non-hydrogen) atoms. The monoisotopic (exact) mass is 806 g/mol. The topological polar surface area (TPSA) is 182 Å². The number of allylic oxidation sites excluding steroid dienone is 4. The maximum absolute atomic E-state index is 17.5. The number of anilines is 1. The lowest BCUT2D eigenvalue weighted by Crippen LogP contribution is -2.69. The number of nitrogens with two attached hydrogens (primary N) is 1. The molecule has 5 N–H and O–H groups in total. The Kier molecular flexibility index (Phi) is 10.3. The predicted molar refractivity (Wildman–Crippen MR) is 216 cm³/mol. The number of nitrogens with one attached hydrogen (secondary N) is 1. The van der Waals surface area contributed by atoms with Crippen LogP contribution in [0.2, 0.25) is 0 Å². The summed E-state index contributed by atoms with van der Waals surface area (Å²) in [7, 11) is 0. The minimum Gasteiger partial charge on any atom is -0.461 e. The van der Waals surface area contributed by atoms with Crippen LogP contribution in [-0.2, 0) is 40.1 Å². The number of hydrogen-bond donors (Lipinski definition) is 4. The van der Waals surface area contributed by atoms with E-state index in [2.05, 4.69) is 5.32 Å². The van der Waals surface area contributed by atoms with Crippen molar-refractivity contribution in [1.82, 2.24) is 0 Å². The van der Waals surface area contributed by atoms with Crippen LogP contribution in [0.5, 0.6) is 0 Å². The van der Waals surface area contributed by atoms with E-state index in [-0.39, 0.29) is 37.7 Å². The summed E-state index contributed by atoms with van der Waals surface area (Å²) in [5.74, 6) is -6.42. The van der Waals surface area contributed by atoms with Gasteiger partial charge in [0, 0.05) is 29.0 Å². The maximum atomic E-state index is 17.5. The summed E-state index contributed by atoms with van der Waals surface area (Å²) in [5, 5.41) is 28.8. The summed E-state index contributed by atoms with van der Waals surface area (Å²) >= 11 is 0. The molecule has 12 heteroatoms. The zero-order chi connectivity index (χ0) is 42.1. The van der Waals surface area contributed by atoms with E-state index < -0.39 is 88.0 Å². The van der Waals surface area contributed by atoms with Gasteiger partial charge in [0.2, 0.25) is 11.7 Å². The Morgan fingerprint density at radius 3 is 2.36 bits per heavy atom. The second-order valence-electron chi connectivity index (χ2n) is 17.8. The number of aliphatic hydroxyl groups excluding tert-OH is 1. The van der Waals surface area contributed by atoms with Gasteiger partial charge in [0.15, 0.2) is 18.1 Å². The molecule has 4 saturated carbocycles. The molecule has 0 radical (unpaired) electrons. The van der Waals surface area contributed by atoms with E-state index >= 15 is 4.39 Å². The highest BCUT2D eigenvalue weighted by molar-refractivity contribution is 6.01. The van der Waals surface area contributed by atoms with Gasteiger partial charge in [-0.05, 0) is 97.0 Å². The van der Waals surface area contributed by atoms with E-state index in [1.54, 1.807) is 51.1 Å². The summed E-state index contributed by atoms with van der Waals surface area (Å²) in [6.45, 7) is 4.46. The molecule has 0 saturated heterocycles. The fourth-order valence-electron chi connectivity index (χ4n) is 11.2. The number of aliphatic hydroxyl groups is 2. The Balaban J connectivity index is 0.836. The summed E-state index contributed by atoms with van der Waals surface area (Å²) in [4.78, 5) is 65.2. The molecular weight excluding hydrogens is 756 g/mol. The number of benzene rings is 3. The molecule has 310 valence electrons. The molecule has 0 bridgehead atoms. The van der Waals surface area contributed by atoms with Gasteiger partial charge in [-0.3, -0.25) is 24.0 Å². The number of halogens is 1. The first-order chi connectivity index (χ1) is 28.0. The van der Waals surface area contributed by atoms with Gasteiger partial charge in [-0.25, -0.2) is 4.39 Å². The minimum atomic E-state index is -2.11. The third kappa shape index (κ3) is 6.55. The Bertz CT molecular complexity index is 2290. The molecule has 5 aliphatic carbocycles. The number of carbonyl (C=O) groups excluding carboxylic acids is 5. The van der Waals surface area contributed by atoms with Gasteiger partial charge in [-0.1, -0.05) is 80.1 Å². The second-order valence-corrected chi connectivity index (χ2v) is 17.8. The third-order valence-electron chi connectivity index (χ3n) is 14.7. The number of ketones is 2. The number of amides is 1. The van der Waals surface area contributed by atoms with Crippen LogP contribution in [0.15, 0.2) is 90.5 Å². The summed E-state index contributed by atoms with van der Waals surface area (Å²) in [6.07, 6.45) is 3.99. The number of esters is 2. The Labute approximate surface area is 342 Å². The summed E-state index contributed by atoms with van der Waals surface area (Å²) < 4.78 is 28.4. The average Bonchev–Trinajstić information content (AvgIpc) is 4.00. The van der Waals surface area contributed by atoms with Crippen LogP contribution in [0.4, 0.5) is 10.1 Å². The zero-order valence-electron chi connectivity index (χ0n) is 33.5. The second kappa shape index (κ2) is 14.9. The van der Waals surface area contributed by atoms with Crippen molar-refractivity contribution in [2.75, 3.05) is 18.5 Å². The largest absolute Gasteiger partial charge is 0.461 e. The lowest BCUT2D eigenvalue weighted by molar-refractivity contribution is -0.220. The minimum absolute atomic E-state index is 0.0602. The van der Waals surface area contributed by atoms with Gasteiger partial charge < -0.3 is 30.7 Å². The van der Waals surface area contributed by atoms with E-state index in [4.69, 9.17) is 15.2 Å². The van der Waals surface area contributed by atoms with Crippen LogP contribution in [0, 0.1) is 40.4 Å². The van der Waals surface area contributed by atoms with E-state index in [9.17, 15) is 34.2 Å². The fraction of sp³-hybridized carbons (Fsp3) is 0.468. The van der Waals surface area contributed by atoms with Gasteiger partial charge in [-0.15, -0.1) is 0 Å². The third-order valence-corrected chi connectivity index (χ3v) is 14.7. The number of alkyl halides is 1. The molecule has 3 aromatic carbocycles. The Morgan fingerprint density at radius 2 is 1.64 bits per heavy atom. The quantitative estimate of drug-likeness (QED) is 0.177. The van der Waals surface area contributed by atoms with Crippen LogP contribution < -0.4 is 11.1 Å². The molecule has 5 aliphatic rings. The van der Waals surface area contributed by atoms with Crippen molar-refractivity contribution in [3.8, 4) is 0 Å². The lowest BCUT2D eigenvalue weighted by atomic mass is 9.44. The smallest absolute Gasteiger partial charge is 0.310 e. The van der Waals surface area contributed by atoms with E-state index in [1.165, 1.54) is 12.2 Å². The van der Waals surface area contributed by atoms with E-state index in [0.717, 1.165) is 10.8 Å². The summed E-state index contributed by atoms with van der Waals surface area (Å²) in [5.41, 5.74) is 2.16. The summed E-state index contributed by atoms with van der Waals surface area (Å²) in [6, 6.07) is 20.6. The first-order valence-corrected chi connectivity index (χ1v) is 20.5. The van der Waals surface area contributed by atoms with Crippen molar-refractivity contribution >= 4 is 45.9 Å². The molecule has 0 aliphatic heterocycles. The normalized spacial score (nSPS) is 34.8. The highest BCUT2D eigenvalue weighted by Gasteiger charge is 2.75.